The predicted molar refractivity (Wildman–Crippen MR) is 111 cm³/mol. The zero-order valence-electron chi connectivity index (χ0n) is 19.4. The van der Waals surface area contributed by atoms with Crippen molar-refractivity contribution in [2.45, 2.75) is 97.4 Å². The Labute approximate surface area is 184 Å². The Bertz CT molecular complexity index is 795. The van der Waals surface area contributed by atoms with Crippen LogP contribution in [0, 0.1) is 28.1 Å². The number of ether oxygens (including phenoxy) is 3. The molecule has 2 bridgehead atoms. The normalized spacial score (nSPS) is 48.3. The molecule has 0 aromatic rings. The van der Waals surface area contributed by atoms with Gasteiger partial charge < -0.3 is 19.3 Å². The van der Waals surface area contributed by atoms with E-state index in [-0.39, 0.29) is 47.3 Å². The van der Waals surface area contributed by atoms with Crippen LogP contribution in [0.25, 0.3) is 0 Å². The van der Waals surface area contributed by atoms with Crippen molar-refractivity contribution in [3.8, 4) is 0 Å². The second-order valence-corrected chi connectivity index (χ2v) is 11.3. The van der Waals surface area contributed by atoms with Gasteiger partial charge in [-0.1, -0.05) is 20.8 Å². The Morgan fingerprint density at radius 3 is 2.26 bits per heavy atom. The number of rotatable bonds is 4. The molecule has 0 amide bonds. The molecular formula is C24H36O7. The first kappa shape index (κ1) is 22.6. The van der Waals surface area contributed by atoms with E-state index in [1.165, 1.54) is 13.8 Å². The summed E-state index contributed by atoms with van der Waals surface area (Å²) in [5.74, 6) is -1.08. The zero-order valence-corrected chi connectivity index (χ0v) is 19.4. The third-order valence-electron chi connectivity index (χ3n) is 9.37. The molecule has 0 aromatic carbocycles. The van der Waals surface area contributed by atoms with E-state index >= 15 is 0 Å². The lowest BCUT2D eigenvalue weighted by Crippen LogP contribution is -2.64. The summed E-state index contributed by atoms with van der Waals surface area (Å²) in [6, 6.07) is 0. The zero-order chi connectivity index (χ0) is 22.8. The van der Waals surface area contributed by atoms with Gasteiger partial charge in [0.05, 0.1) is 5.60 Å². The van der Waals surface area contributed by atoms with Crippen LogP contribution in [0.4, 0.5) is 0 Å². The molecule has 4 rings (SSSR count). The molecule has 1 saturated heterocycles. The highest BCUT2D eigenvalue weighted by atomic mass is 16.6. The number of hydrogen-bond donors (Lipinski definition) is 1. The molecule has 0 unspecified atom stereocenters. The van der Waals surface area contributed by atoms with E-state index in [1.807, 2.05) is 0 Å². The van der Waals surface area contributed by atoms with E-state index in [0.29, 0.717) is 6.42 Å². The van der Waals surface area contributed by atoms with Crippen molar-refractivity contribution in [2.24, 2.45) is 28.1 Å². The summed E-state index contributed by atoms with van der Waals surface area (Å²) in [5.41, 5.74) is -1.31. The Balaban J connectivity index is 1.69. The van der Waals surface area contributed by atoms with E-state index in [2.05, 4.69) is 20.8 Å². The summed E-state index contributed by atoms with van der Waals surface area (Å²) in [5, 5.41) is 9.81. The van der Waals surface area contributed by atoms with Gasteiger partial charge in [-0.15, -0.1) is 0 Å². The highest BCUT2D eigenvalue weighted by Gasteiger charge is 2.70. The highest BCUT2D eigenvalue weighted by molar-refractivity contribution is 5.74. The maximum atomic E-state index is 12.0. The van der Waals surface area contributed by atoms with Crippen molar-refractivity contribution in [3.05, 3.63) is 0 Å². The molecular weight excluding hydrogens is 400 g/mol. The number of fused-ring (bicyclic) bond motifs is 3. The summed E-state index contributed by atoms with van der Waals surface area (Å²) in [7, 11) is 0. The van der Waals surface area contributed by atoms with Crippen LogP contribution < -0.4 is 0 Å². The number of hydrogen-bond acceptors (Lipinski definition) is 6. The smallest absolute Gasteiger partial charge is 0.333 e. The van der Waals surface area contributed by atoms with Crippen LogP contribution in [-0.2, 0) is 28.6 Å². The number of carbonyl (C=O) groups excluding carboxylic acids is 2. The second kappa shape index (κ2) is 7.19. The molecule has 1 heterocycles. The largest absolute Gasteiger partial charge is 0.479 e. The Kier molecular flexibility index (Phi) is 5.23. The van der Waals surface area contributed by atoms with Gasteiger partial charge in [0.1, 0.15) is 12.7 Å². The predicted octanol–water partition coefficient (Wildman–Crippen LogP) is 3.73. The third kappa shape index (κ3) is 3.30. The molecule has 3 saturated carbocycles. The fourth-order valence-corrected chi connectivity index (χ4v) is 8.19. The fourth-order valence-electron chi connectivity index (χ4n) is 8.19. The van der Waals surface area contributed by atoms with E-state index in [1.54, 1.807) is 0 Å². The topological polar surface area (TPSA) is 99.1 Å². The van der Waals surface area contributed by atoms with E-state index < -0.39 is 23.1 Å². The van der Waals surface area contributed by atoms with Gasteiger partial charge in [-0.05, 0) is 62.2 Å². The maximum Gasteiger partial charge on any atom is 0.333 e. The minimum absolute atomic E-state index is 0.0987. The molecule has 4 fully saturated rings. The van der Waals surface area contributed by atoms with Gasteiger partial charge in [0, 0.05) is 24.7 Å². The van der Waals surface area contributed by atoms with Crippen molar-refractivity contribution in [3.63, 3.8) is 0 Å². The number of carbonyl (C=O) groups is 3. The van der Waals surface area contributed by atoms with Gasteiger partial charge in [-0.25, -0.2) is 4.79 Å². The Morgan fingerprint density at radius 2 is 1.65 bits per heavy atom. The lowest BCUT2D eigenvalue weighted by atomic mass is 9.42. The van der Waals surface area contributed by atoms with Gasteiger partial charge >= 0.3 is 17.9 Å². The van der Waals surface area contributed by atoms with Gasteiger partial charge in [-0.2, -0.15) is 0 Å². The fraction of sp³-hybridized carbons (Fsp3) is 0.875. The van der Waals surface area contributed by atoms with Crippen molar-refractivity contribution >= 4 is 17.9 Å². The molecule has 8 atom stereocenters. The summed E-state index contributed by atoms with van der Waals surface area (Å²) in [4.78, 5) is 35.5. The van der Waals surface area contributed by atoms with Crippen LogP contribution in [0.1, 0.15) is 79.6 Å². The first-order valence-corrected chi connectivity index (χ1v) is 11.6. The Morgan fingerprint density at radius 1 is 0.968 bits per heavy atom. The second-order valence-electron chi connectivity index (χ2n) is 11.3. The average Bonchev–Trinajstić information content (AvgIpc) is 2.88. The highest BCUT2D eigenvalue weighted by Crippen LogP contribution is 2.70. The number of aliphatic carboxylic acids is 1. The van der Waals surface area contributed by atoms with Crippen molar-refractivity contribution in [1.29, 1.82) is 0 Å². The Hall–Kier alpha value is -1.63. The van der Waals surface area contributed by atoms with Gasteiger partial charge in [0.25, 0.3) is 0 Å². The first-order valence-electron chi connectivity index (χ1n) is 11.6. The summed E-state index contributed by atoms with van der Waals surface area (Å²) in [6.07, 6.45) is 4.74. The number of esters is 2. The van der Waals surface area contributed by atoms with Crippen LogP contribution in [-0.4, -0.2) is 47.4 Å². The van der Waals surface area contributed by atoms with Crippen LogP contribution >= 0.6 is 0 Å². The summed E-state index contributed by atoms with van der Waals surface area (Å²) >= 11 is 0. The molecule has 3 aliphatic carbocycles. The molecule has 0 aromatic heterocycles. The summed E-state index contributed by atoms with van der Waals surface area (Å²) in [6.45, 7) is 9.51. The van der Waals surface area contributed by atoms with Crippen LogP contribution in [0.2, 0.25) is 0 Å². The quantitative estimate of drug-likeness (QED) is 0.671. The number of carboxylic acids is 1. The molecule has 31 heavy (non-hydrogen) atoms. The molecule has 0 radical (unpaired) electrons. The molecule has 7 nitrogen and oxygen atoms in total. The van der Waals surface area contributed by atoms with Gasteiger partial charge in [0.2, 0.25) is 0 Å². The van der Waals surface area contributed by atoms with Crippen LogP contribution in [0.3, 0.4) is 0 Å². The molecule has 4 aliphatic rings. The van der Waals surface area contributed by atoms with Crippen LogP contribution in [0.15, 0.2) is 0 Å². The van der Waals surface area contributed by atoms with Gasteiger partial charge in [0.15, 0.2) is 6.10 Å². The van der Waals surface area contributed by atoms with E-state index in [4.69, 9.17) is 14.2 Å². The lowest BCUT2D eigenvalue weighted by molar-refractivity contribution is -0.232. The minimum atomic E-state index is -0.856. The molecule has 1 spiro atoms. The lowest BCUT2D eigenvalue weighted by Gasteiger charge is -2.64. The van der Waals surface area contributed by atoms with Crippen LogP contribution in [0.5, 0.6) is 0 Å². The first-order chi connectivity index (χ1) is 14.4. The van der Waals surface area contributed by atoms with Crippen molar-refractivity contribution < 1.29 is 33.7 Å². The van der Waals surface area contributed by atoms with E-state index in [9.17, 15) is 19.5 Å². The molecule has 1 N–H and O–H groups in total. The standard InChI is InChI=1S/C24H36O7/c1-14(25)29-13-23(5)16-7-11-24-12-21(3,19(31-24)20(27)28)9-6-17(24)22(16,4)10-8-18(23)30-15(2)26/h16-19H,6-13H2,1-5H3,(H,27,28)/t16-,17-,18+,19-,21+,22+,23-,24+/m1/s1. The third-order valence-corrected chi connectivity index (χ3v) is 9.37. The number of carboxylic acid groups (broad SMARTS) is 1. The monoisotopic (exact) mass is 436 g/mol. The van der Waals surface area contributed by atoms with E-state index in [0.717, 1.165) is 38.5 Å². The van der Waals surface area contributed by atoms with Crippen molar-refractivity contribution in [1.82, 2.24) is 0 Å². The van der Waals surface area contributed by atoms with Gasteiger partial charge in [-0.3, -0.25) is 9.59 Å². The average molecular weight is 437 g/mol. The SMILES string of the molecule is CC(=O)OC[C@]1(C)[C@@H]2CC[C@]34C[C@](C)(CC[C@@H]3[C@@]2(C)CC[C@@H]1OC(C)=O)[C@@H](C(=O)O)O4. The maximum absolute atomic E-state index is 12.0. The summed E-state index contributed by atoms with van der Waals surface area (Å²) < 4.78 is 17.7. The molecule has 7 heteroatoms. The minimum Gasteiger partial charge on any atom is -0.479 e. The molecule has 1 aliphatic heterocycles. The molecule has 174 valence electrons. The van der Waals surface area contributed by atoms with Crippen molar-refractivity contribution in [2.75, 3.05) is 6.61 Å².